The number of halogens is 2. The smallest absolute Gasteiger partial charge is 0.337 e. The second-order valence-electron chi connectivity index (χ2n) is 3.92. The van der Waals surface area contributed by atoms with Gasteiger partial charge in [0.15, 0.2) is 5.03 Å². The number of carboxylic acids is 1. The molecule has 9 heteroatoms. The summed E-state index contributed by atoms with van der Waals surface area (Å²) in [7, 11) is -4.00. The molecule has 0 spiro atoms. The molecular formula is C12H8BrFN2O4S. The average Bonchev–Trinajstić information content (AvgIpc) is 2.42. The Bertz CT molecular complexity index is 793. The number of aromatic carboxylic acids is 1. The number of rotatable bonds is 4. The first kappa shape index (κ1) is 15.4. The molecule has 0 atom stereocenters. The molecule has 1 aromatic heterocycles. The van der Waals surface area contributed by atoms with Crippen molar-refractivity contribution in [2.45, 2.75) is 5.03 Å². The Morgan fingerprint density at radius 3 is 2.52 bits per heavy atom. The van der Waals surface area contributed by atoms with Gasteiger partial charge in [0, 0.05) is 10.7 Å². The number of pyridine rings is 1. The summed E-state index contributed by atoms with van der Waals surface area (Å²) in [5.41, 5.74) is 0.0115. The highest BCUT2D eigenvalue weighted by Gasteiger charge is 2.18. The van der Waals surface area contributed by atoms with E-state index in [-0.39, 0.29) is 20.7 Å². The van der Waals surface area contributed by atoms with E-state index in [0.29, 0.717) is 0 Å². The van der Waals surface area contributed by atoms with Crippen molar-refractivity contribution >= 4 is 37.6 Å². The van der Waals surface area contributed by atoms with Gasteiger partial charge in [-0.15, -0.1) is 0 Å². The van der Waals surface area contributed by atoms with Crippen molar-refractivity contribution < 1.29 is 22.7 Å². The summed E-state index contributed by atoms with van der Waals surface area (Å²) >= 11 is 3.04. The number of sulfonamides is 1. The van der Waals surface area contributed by atoms with Gasteiger partial charge in [0.1, 0.15) is 5.82 Å². The molecule has 2 aromatic rings. The fraction of sp³-hybridized carbons (Fsp3) is 0. The Morgan fingerprint density at radius 1 is 1.29 bits per heavy atom. The molecule has 6 nitrogen and oxygen atoms in total. The van der Waals surface area contributed by atoms with Crippen molar-refractivity contribution in [1.29, 1.82) is 0 Å². The minimum absolute atomic E-state index is 0.128. The maximum Gasteiger partial charge on any atom is 0.337 e. The van der Waals surface area contributed by atoms with Gasteiger partial charge in [-0.25, -0.2) is 14.2 Å². The van der Waals surface area contributed by atoms with E-state index in [1.807, 2.05) is 0 Å². The van der Waals surface area contributed by atoms with Crippen molar-refractivity contribution in [3.8, 4) is 0 Å². The van der Waals surface area contributed by atoms with Crippen LogP contribution in [-0.2, 0) is 10.0 Å². The minimum atomic E-state index is -4.00. The third-order valence-electron chi connectivity index (χ3n) is 2.43. The monoisotopic (exact) mass is 374 g/mol. The van der Waals surface area contributed by atoms with Crippen LogP contribution in [0.25, 0.3) is 0 Å². The summed E-state index contributed by atoms with van der Waals surface area (Å²) in [6.07, 6.45) is 0.941. The van der Waals surface area contributed by atoms with Crippen molar-refractivity contribution in [1.82, 2.24) is 4.98 Å². The van der Waals surface area contributed by atoms with E-state index in [0.717, 1.165) is 30.5 Å². The molecule has 1 heterocycles. The summed E-state index contributed by atoms with van der Waals surface area (Å²) in [5, 5.41) is 8.39. The Hall–Kier alpha value is -2.00. The van der Waals surface area contributed by atoms with Gasteiger partial charge >= 0.3 is 5.97 Å². The molecule has 0 aliphatic rings. The Balaban J connectivity index is 2.31. The second kappa shape index (κ2) is 5.78. The lowest BCUT2D eigenvalue weighted by Crippen LogP contribution is -2.15. The van der Waals surface area contributed by atoms with E-state index in [9.17, 15) is 17.6 Å². The zero-order valence-corrected chi connectivity index (χ0v) is 12.6. The highest BCUT2D eigenvalue weighted by atomic mass is 79.9. The molecule has 0 unspecified atom stereocenters. The molecule has 0 saturated heterocycles. The normalized spacial score (nSPS) is 11.1. The summed E-state index contributed by atoms with van der Waals surface area (Å²) in [4.78, 5) is 14.3. The maximum absolute atomic E-state index is 12.9. The Morgan fingerprint density at radius 2 is 2.00 bits per heavy atom. The summed E-state index contributed by atoms with van der Waals surface area (Å²) in [6, 6.07) is 5.66. The number of anilines is 1. The van der Waals surface area contributed by atoms with Crippen LogP contribution in [0.2, 0.25) is 0 Å². The third-order valence-corrected chi connectivity index (χ3v) is 4.37. The van der Waals surface area contributed by atoms with Gasteiger partial charge in [-0.05, 0) is 46.3 Å². The lowest BCUT2D eigenvalue weighted by molar-refractivity contribution is 0.0696. The summed E-state index contributed by atoms with van der Waals surface area (Å²) < 4.78 is 39.6. The standard InChI is InChI=1S/C12H8BrFN2O4S/c13-9-5-8(14)2-3-10(9)16-21(19,20)11-4-1-7(6-15-11)12(17)18/h1-6,16H,(H,17,18). The van der Waals surface area contributed by atoms with Crippen LogP contribution < -0.4 is 4.72 Å². The minimum Gasteiger partial charge on any atom is -0.478 e. The molecule has 110 valence electrons. The lowest BCUT2D eigenvalue weighted by atomic mass is 10.3. The Labute approximate surface area is 127 Å². The van der Waals surface area contributed by atoms with Gasteiger partial charge in [-0.3, -0.25) is 4.72 Å². The van der Waals surface area contributed by atoms with Crippen molar-refractivity contribution in [2.24, 2.45) is 0 Å². The number of benzene rings is 1. The fourth-order valence-electron chi connectivity index (χ4n) is 1.44. The first-order chi connectivity index (χ1) is 9.79. The van der Waals surface area contributed by atoms with Crippen molar-refractivity contribution in [3.63, 3.8) is 0 Å². The molecule has 0 aliphatic carbocycles. The van der Waals surface area contributed by atoms with Crippen LogP contribution in [0.1, 0.15) is 10.4 Å². The van der Waals surface area contributed by atoms with Crippen LogP contribution in [0.5, 0.6) is 0 Å². The van der Waals surface area contributed by atoms with Gasteiger partial charge in [-0.2, -0.15) is 8.42 Å². The van der Waals surface area contributed by atoms with Crippen LogP contribution in [0.4, 0.5) is 10.1 Å². The third kappa shape index (κ3) is 3.56. The molecule has 0 radical (unpaired) electrons. The van der Waals surface area contributed by atoms with Crippen LogP contribution in [0.3, 0.4) is 0 Å². The summed E-state index contributed by atoms with van der Waals surface area (Å²) in [6.45, 7) is 0. The van der Waals surface area contributed by atoms with E-state index in [2.05, 4.69) is 25.6 Å². The first-order valence-electron chi connectivity index (χ1n) is 5.47. The van der Waals surface area contributed by atoms with Crippen LogP contribution >= 0.6 is 15.9 Å². The van der Waals surface area contributed by atoms with Crippen LogP contribution in [0, 0.1) is 5.82 Å². The predicted molar refractivity (Wildman–Crippen MR) is 76.1 cm³/mol. The number of hydrogen-bond donors (Lipinski definition) is 2. The fourth-order valence-corrected chi connectivity index (χ4v) is 3.03. The van der Waals surface area contributed by atoms with Gasteiger partial charge in [0.2, 0.25) is 0 Å². The molecule has 2 N–H and O–H groups in total. The van der Waals surface area contributed by atoms with E-state index < -0.39 is 21.8 Å². The number of aromatic nitrogens is 1. The number of carbonyl (C=O) groups is 1. The molecule has 0 bridgehead atoms. The number of nitrogens with zero attached hydrogens (tertiary/aromatic N) is 1. The van der Waals surface area contributed by atoms with Crippen LogP contribution in [-0.4, -0.2) is 24.5 Å². The molecular weight excluding hydrogens is 367 g/mol. The topological polar surface area (TPSA) is 96.4 Å². The van der Waals surface area contributed by atoms with Gasteiger partial charge in [-0.1, -0.05) is 0 Å². The zero-order chi connectivity index (χ0) is 15.6. The number of carboxylic acid groups (broad SMARTS) is 1. The SMILES string of the molecule is O=C(O)c1ccc(S(=O)(=O)Nc2ccc(F)cc2Br)nc1. The largest absolute Gasteiger partial charge is 0.478 e. The molecule has 0 amide bonds. The highest BCUT2D eigenvalue weighted by Crippen LogP contribution is 2.25. The van der Waals surface area contributed by atoms with Crippen LogP contribution in [0.15, 0.2) is 46.0 Å². The zero-order valence-electron chi connectivity index (χ0n) is 10.2. The second-order valence-corrected chi connectivity index (χ2v) is 6.40. The molecule has 0 fully saturated rings. The first-order valence-corrected chi connectivity index (χ1v) is 7.74. The van der Waals surface area contributed by atoms with E-state index in [4.69, 9.17) is 5.11 Å². The number of hydrogen-bond acceptors (Lipinski definition) is 4. The number of nitrogens with one attached hydrogen (secondary N) is 1. The summed E-state index contributed by atoms with van der Waals surface area (Å²) in [5.74, 6) is -1.73. The average molecular weight is 375 g/mol. The van der Waals surface area contributed by atoms with E-state index in [1.54, 1.807) is 0 Å². The van der Waals surface area contributed by atoms with Gasteiger partial charge < -0.3 is 5.11 Å². The molecule has 1 aromatic carbocycles. The van der Waals surface area contributed by atoms with Gasteiger partial charge in [0.05, 0.1) is 11.3 Å². The van der Waals surface area contributed by atoms with Gasteiger partial charge in [0.25, 0.3) is 10.0 Å². The van der Waals surface area contributed by atoms with E-state index >= 15 is 0 Å². The highest BCUT2D eigenvalue weighted by molar-refractivity contribution is 9.10. The molecule has 0 saturated carbocycles. The van der Waals surface area contributed by atoms with Crippen molar-refractivity contribution in [3.05, 3.63) is 52.4 Å². The molecule has 0 aliphatic heterocycles. The molecule has 2 rings (SSSR count). The van der Waals surface area contributed by atoms with Crippen molar-refractivity contribution in [2.75, 3.05) is 4.72 Å². The van der Waals surface area contributed by atoms with E-state index in [1.165, 1.54) is 6.07 Å². The molecule has 21 heavy (non-hydrogen) atoms. The Kier molecular flexibility index (Phi) is 4.24. The quantitative estimate of drug-likeness (QED) is 0.856. The maximum atomic E-state index is 12.9. The predicted octanol–water partition coefficient (Wildman–Crippen LogP) is 2.48. The lowest BCUT2D eigenvalue weighted by Gasteiger charge is -2.09.